The van der Waals surface area contributed by atoms with Crippen molar-refractivity contribution in [2.45, 2.75) is 72.1 Å². The molecule has 0 bridgehead atoms. The second-order valence-electron chi connectivity index (χ2n) is 7.99. The van der Waals surface area contributed by atoms with E-state index in [1.165, 1.54) is 29.4 Å². The highest BCUT2D eigenvalue weighted by Gasteiger charge is 2.35. The molecule has 4 heteroatoms. The lowest BCUT2D eigenvalue weighted by Crippen LogP contribution is -2.44. The summed E-state index contributed by atoms with van der Waals surface area (Å²) in [7, 11) is 0. The van der Waals surface area contributed by atoms with Crippen molar-refractivity contribution in [3.63, 3.8) is 0 Å². The van der Waals surface area contributed by atoms with Gasteiger partial charge in [0.2, 0.25) is 0 Å². The van der Waals surface area contributed by atoms with Crippen molar-refractivity contribution in [2.75, 3.05) is 13.1 Å². The van der Waals surface area contributed by atoms with E-state index in [0.717, 1.165) is 45.3 Å². The number of esters is 1. The third-order valence-electron chi connectivity index (χ3n) is 5.94. The summed E-state index contributed by atoms with van der Waals surface area (Å²) in [5.74, 6) is -0.193. The molecule has 0 fully saturated rings. The van der Waals surface area contributed by atoms with E-state index in [1.807, 2.05) is 0 Å². The average molecular weight is 383 g/mol. The lowest BCUT2D eigenvalue weighted by Gasteiger charge is -2.40. The number of carbonyl (C=O) groups excluding carboxylic acids is 1. The number of hydrogen-bond acceptors (Lipinski definition) is 3. The van der Waals surface area contributed by atoms with E-state index in [1.54, 1.807) is 0 Å². The summed E-state index contributed by atoms with van der Waals surface area (Å²) in [6, 6.07) is 13.1. The molecular weight excluding hydrogens is 348 g/mol. The van der Waals surface area contributed by atoms with Crippen molar-refractivity contribution in [1.29, 1.82) is 0 Å². The standard InChI is InChI=1S/C24H34N2O2/c1-5-15-25(16-8-17-26-18(2)11-12-19(26)3)23-14-13-21-9-6-7-10-22(21)24(23)28-20(4)27/h6-7,9-12,23-24H,5,8,13-17H2,1-4H3. The van der Waals surface area contributed by atoms with Crippen LogP contribution in [0, 0.1) is 13.8 Å². The zero-order valence-electron chi connectivity index (χ0n) is 17.8. The van der Waals surface area contributed by atoms with Gasteiger partial charge in [0.1, 0.15) is 6.10 Å². The molecule has 0 spiro atoms. The Morgan fingerprint density at radius 3 is 2.54 bits per heavy atom. The van der Waals surface area contributed by atoms with Gasteiger partial charge in [0.05, 0.1) is 6.04 Å². The Hall–Kier alpha value is -2.07. The Balaban J connectivity index is 1.74. The number of rotatable bonds is 8. The monoisotopic (exact) mass is 382 g/mol. The highest BCUT2D eigenvalue weighted by Crippen LogP contribution is 2.36. The minimum Gasteiger partial charge on any atom is -0.456 e. The molecule has 1 aliphatic carbocycles. The van der Waals surface area contributed by atoms with E-state index in [-0.39, 0.29) is 18.1 Å². The lowest BCUT2D eigenvalue weighted by atomic mass is 9.84. The van der Waals surface area contributed by atoms with Crippen molar-refractivity contribution < 1.29 is 9.53 Å². The Kier molecular flexibility index (Phi) is 6.95. The molecule has 4 nitrogen and oxygen atoms in total. The van der Waals surface area contributed by atoms with E-state index >= 15 is 0 Å². The minimum absolute atomic E-state index is 0.163. The molecule has 3 rings (SSSR count). The van der Waals surface area contributed by atoms with Crippen molar-refractivity contribution in [3.05, 3.63) is 58.9 Å². The van der Waals surface area contributed by atoms with Crippen LogP contribution in [0.5, 0.6) is 0 Å². The van der Waals surface area contributed by atoms with Crippen LogP contribution in [-0.2, 0) is 22.5 Å². The van der Waals surface area contributed by atoms with Crippen LogP contribution >= 0.6 is 0 Å². The van der Waals surface area contributed by atoms with Gasteiger partial charge >= 0.3 is 5.97 Å². The number of ether oxygens (including phenoxy) is 1. The zero-order valence-corrected chi connectivity index (χ0v) is 17.8. The van der Waals surface area contributed by atoms with Crippen LogP contribution in [0.25, 0.3) is 0 Å². The van der Waals surface area contributed by atoms with Gasteiger partial charge in [-0.05, 0) is 69.3 Å². The Morgan fingerprint density at radius 2 is 1.86 bits per heavy atom. The molecular formula is C24H34N2O2. The van der Waals surface area contributed by atoms with Crippen LogP contribution in [-0.4, -0.2) is 34.6 Å². The van der Waals surface area contributed by atoms with Crippen LogP contribution < -0.4 is 0 Å². The normalized spacial score (nSPS) is 18.9. The molecule has 0 aliphatic heterocycles. The molecule has 0 saturated heterocycles. The fourth-order valence-corrected chi connectivity index (χ4v) is 4.61. The second kappa shape index (κ2) is 9.42. The number of aryl methyl sites for hydroxylation is 3. The van der Waals surface area contributed by atoms with E-state index in [4.69, 9.17) is 4.74 Å². The van der Waals surface area contributed by atoms with Crippen molar-refractivity contribution in [1.82, 2.24) is 9.47 Å². The number of fused-ring (bicyclic) bond motifs is 1. The molecule has 0 radical (unpaired) electrons. The summed E-state index contributed by atoms with van der Waals surface area (Å²) in [6.07, 6.45) is 4.13. The van der Waals surface area contributed by atoms with Gasteiger partial charge in [-0.2, -0.15) is 0 Å². The Bertz CT molecular complexity index is 776. The predicted octanol–water partition coefficient (Wildman–Crippen LogP) is 4.83. The molecule has 1 aromatic carbocycles. The van der Waals surface area contributed by atoms with E-state index in [0.29, 0.717) is 0 Å². The van der Waals surface area contributed by atoms with Crippen molar-refractivity contribution in [3.8, 4) is 0 Å². The van der Waals surface area contributed by atoms with Gasteiger partial charge in [0.15, 0.2) is 0 Å². The molecule has 1 aromatic heterocycles. The Labute approximate surface area is 169 Å². The summed E-state index contributed by atoms with van der Waals surface area (Å²) in [5, 5.41) is 0. The molecule has 28 heavy (non-hydrogen) atoms. The van der Waals surface area contributed by atoms with E-state index < -0.39 is 0 Å². The summed E-state index contributed by atoms with van der Waals surface area (Å²) in [6.45, 7) is 11.2. The quantitative estimate of drug-likeness (QED) is 0.614. The summed E-state index contributed by atoms with van der Waals surface area (Å²) in [5.41, 5.74) is 5.15. The van der Waals surface area contributed by atoms with Crippen LogP contribution in [0.4, 0.5) is 0 Å². The maximum atomic E-state index is 11.8. The summed E-state index contributed by atoms with van der Waals surface area (Å²) >= 11 is 0. The van der Waals surface area contributed by atoms with Gasteiger partial charge in [-0.3, -0.25) is 9.69 Å². The number of hydrogen-bond donors (Lipinski definition) is 0. The highest BCUT2D eigenvalue weighted by atomic mass is 16.5. The smallest absolute Gasteiger partial charge is 0.303 e. The second-order valence-corrected chi connectivity index (χ2v) is 7.99. The molecule has 2 aromatic rings. The fraction of sp³-hybridized carbons (Fsp3) is 0.542. The SMILES string of the molecule is CCCN(CCCn1c(C)ccc1C)C1CCc2ccccc2C1OC(C)=O. The molecule has 1 aliphatic rings. The molecule has 2 unspecified atom stereocenters. The van der Waals surface area contributed by atoms with Crippen molar-refractivity contribution in [2.24, 2.45) is 0 Å². The maximum Gasteiger partial charge on any atom is 0.303 e. The number of nitrogens with zero attached hydrogens (tertiary/aromatic N) is 2. The van der Waals surface area contributed by atoms with Crippen LogP contribution in [0.1, 0.15) is 61.7 Å². The van der Waals surface area contributed by atoms with E-state index in [9.17, 15) is 4.79 Å². The predicted molar refractivity (Wildman–Crippen MR) is 113 cm³/mol. The maximum absolute atomic E-state index is 11.8. The van der Waals surface area contributed by atoms with Crippen LogP contribution in [0.3, 0.4) is 0 Å². The third kappa shape index (κ3) is 4.67. The first kappa shape index (κ1) is 20.7. The van der Waals surface area contributed by atoms with Gasteiger partial charge < -0.3 is 9.30 Å². The molecule has 0 saturated carbocycles. The van der Waals surface area contributed by atoms with E-state index in [2.05, 4.69) is 66.6 Å². The molecule has 2 atom stereocenters. The lowest BCUT2D eigenvalue weighted by molar-refractivity contribution is -0.151. The van der Waals surface area contributed by atoms with Gasteiger partial charge in [0.25, 0.3) is 0 Å². The van der Waals surface area contributed by atoms with Gasteiger partial charge in [0, 0.05) is 31.4 Å². The average Bonchev–Trinajstić information content (AvgIpc) is 2.99. The number of benzene rings is 1. The highest BCUT2D eigenvalue weighted by molar-refractivity contribution is 5.66. The van der Waals surface area contributed by atoms with Gasteiger partial charge in [-0.15, -0.1) is 0 Å². The number of aromatic nitrogens is 1. The van der Waals surface area contributed by atoms with Crippen LogP contribution in [0.15, 0.2) is 36.4 Å². The first-order valence-electron chi connectivity index (χ1n) is 10.6. The fourth-order valence-electron chi connectivity index (χ4n) is 4.61. The third-order valence-corrected chi connectivity index (χ3v) is 5.94. The van der Waals surface area contributed by atoms with Crippen molar-refractivity contribution >= 4 is 5.97 Å². The number of carbonyl (C=O) groups is 1. The van der Waals surface area contributed by atoms with Gasteiger partial charge in [-0.25, -0.2) is 0 Å². The largest absolute Gasteiger partial charge is 0.456 e. The molecule has 152 valence electrons. The summed E-state index contributed by atoms with van der Waals surface area (Å²) in [4.78, 5) is 14.4. The first-order chi connectivity index (χ1) is 13.5. The minimum atomic E-state index is -0.193. The van der Waals surface area contributed by atoms with Crippen LogP contribution in [0.2, 0.25) is 0 Å². The summed E-state index contributed by atoms with van der Waals surface area (Å²) < 4.78 is 8.25. The van der Waals surface area contributed by atoms with Gasteiger partial charge in [-0.1, -0.05) is 31.2 Å². The topological polar surface area (TPSA) is 34.5 Å². The molecule has 1 heterocycles. The molecule has 0 N–H and O–H groups in total. The zero-order chi connectivity index (χ0) is 20.1. The molecule has 0 amide bonds. The Morgan fingerprint density at radius 1 is 1.14 bits per heavy atom. The first-order valence-corrected chi connectivity index (χ1v) is 10.6.